The highest BCUT2D eigenvalue weighted by Crippen LogP contribution is 2.31. The van der Waals surface area contributed by atoms with Crippen molar-refractivity contribution in [3.05, 3.63) is 39.2 Å². The van der Waals surface area contributed by atoms with E-state index in [1.54, 1.807) is 0 Å². The average Bonchev–Trinajstić information content (AvgIpc) is 2.01. The van der Waals surface area contributed by atoms with Gasteiger partial charge in [0.05, 0.1) is 15.1 Å². The highest BCUT2D eigenvalue weighted by Gasteiger charge is 2.04. The van der Waals surface area contributed by atoms with Gasteiger partial charge in [0.1, 0.15) is 0 Å². The van der Waals surface area contributed by atoms with Crippen LogP contribution in [0.2, 0.25) is 15.1 Å². The Morgan fingerprint density at radius 2 is 1.67 bits per heavy atom. The van der Waals surface area contributed by atoms with Gasteiger partial charge >= 0.3 is 0 Å². The van der Waals surface area contributed by atoms with Crippen molar-refractivity contribution in [1.29, 1.82) is 0 Å². The Labute approximate surface area is 87.4 Å². The molecule has 0 aromatic heterocycles. The lowest BCUT2D eigenvalue weighted by atomic mass is 10.1. The van der Waals surface area contributed by atoms with Crippen LogP contribution in [0.3, 0.4) is 0 Å². The van der Waals surface area contributed by atoms with E-state index in [0.29, 0.717) is 15.1 Å². The summed E-state index contributed by atoms with van der Waals surface area (Å²) in [5.74, 6) is 0. The Balaban J connectivity index is 3.04. The summed E-state index contributed by atoms with van der Waals surface area (Å²) in [7, 11) is 0. The Kier molecular flexibility index (Phi) is 3.70. The van der Waals surface area contributed by atoms with Gasteiger partial charge in [-0.15, -0.1) is 0 Å². The second kappa shape index (κ2) is 4.36. The minimum absolute atomic E-state index is 0.429. The van der Waals surface area contributed by atoms with Gasteiger partial charge in [-0.05, 0) is 30.5 Å². The average molecular weight is 223 g/mol. The molecule has 1 rings (SSSR count). The van der Waals surface area contributed by atoms with E-state index in [-0.39, 0.29) is 0 Å². The maximum absolute atomic E-state index is 5.82. The summed E-state index contributed by atoms with van der Waals surface area (Å²) in [6.07, 6.45) is 2.90. The Morgan fingerprint density at radius 1 is 1.17 bits per heavy atom. The molecule has 3 heteroatoms. The quantitative estimate of drug-likeness (QED) is 0.650. The summed E-state index contributed by atoms with van der Waals surface area (Å²) in [4.78, 5) is 0. The zero-order valence-electron chi connectivity index (χ0n) is 6.57. The van der Waals surface area contributed by atoms with Gasteiger partial charge in [-0.2, -0.15) is 0 Å². The fourth-order valence-corrected chi connectivity index (χ4v) is 1.60. The van der Waals surface area contributed by atoms with Crippen molar-refractivity contribution >= 4 is 34.8 Å². The zero-order chi connectivity index (χ0) is 9.14. The van der Waals surface area contributed by atoms with Crippen LogP contribution >= 0.6 is 34.8 Å². The lowest BCUT2D eigenvalue weighted by Gasteiger charge is -2.03. The number of benzene rings is 1. The highest BCUT2D eigenvalue weighted by atomic mass is 35.5. The van der Waals surface area contributed by atoms with Crippen molar-refractivity contribution < 1.29 is 0 Å². The molecule has 1 aromatic rings. The van der Waals surface area contributed by atoms with Crippen molar-refractivity contribution in [2.75, 3.05) is 0 Å². The fraction of sp³-hybridized carbons (Fsp3) is 0.222. The van der Waals surface area contributed by atoms with Crippen molar-refractivity contribution in [2.45, 2.75) is 13.3 Å². The molecule has 0 saturated heterocycles. The molecule has 0 unspecified atom stereocenters. The van der Waals surface area contributed by atoms with Crippen LogP contribution in [-0.2, 0) is 6.42 Å². The van der Waals surface area contributed by atoms with Gasteiger partial charge in [-0.3, -0.25) is 0 Å². The third-order valence-corrected chi connectivity index (χ3v) is 2.68. The molecule has 0 heterocycles. The van der Waals surface area contributed by atoms with Crippen molar-refractivity contribution in [1.82, 2.24) is 0 Å². The Morgan fingerprint density at radius 3 is 2.08 bits per heavy atom. The van der Waals surface area contributed by atoms with E-state index in [2.05, 4.69) is 0 Å². The first-order chi connectivity index (χ1) is 5.65. The van der Waals surface area contributed by atoms with E-state index >= 15 is 0 Å². The van der Waals surface area contributed by atoms with Crippen LogP contribution in [0.5, 0.6) is 0 Å². The number of rotatable bonds is 2. The first kappa shape index (κ1) is 10.2. The second-order valence-corrected chi connectivity index (χ2v) is 3.68. The molecule has 65 valence electrons. The van der Waals surface area contributed by atoms with Crippen LogP contribution in [0, 0.1) is 6.42 Å². The Bertz CT molecular complexity index is 258. The molecule has 1 aromatic carbocycles. The van der Waals surface area contributed by atoms with Crippen LogP contribution in [0.1, 0.15) is 12.5 Å². The number of halogens is 3. The molecule has 0 bridgehead atoms. The molecule has 0 N–H and O–H groups in total. The van der Waals surface area contributed by atoms with E-state index in [0.717, 1.165) is 12.0 Å². The summed E-state index contributed by atoms with van der Waals surface area (Å²) in [5.41, 5.74) is 1.08. The largest absolute Gasteiger partial charge is 0.0826 e. The van der Waals surface area contributed by atoms with Crippen molar-refractivity contribution in [3.63, 3.8) is 0 Å². The SMILES string of the molecule is C[CH]Cc1cc(Cl)c(Cl)c(Cl)c1. The van der Waals surface area contributed by atoms with E-state index in [1.165, 1.54) is 0 Å². The van der Waals surface area contributed by atoms with Crippen LogP contribution < -0.4 is 0 Å². The smallest absolute Gasteiger partial charge is 0.0778 e. The summed E-state index contributed by atoms with van der Waals surface area (Å²) in [6, 6.07) is 3.66. The summed E-state index contributed by atoms with van der Waals surface area (Å²) < 4.78 is 0. The molecule has 0 aliphatic rings. The van der Waals surface area contributed by atoms with Crippen molar-refractivity contribution in [3.8, 4) is 0 Å². The van der Waals surface area contributed by atoms with E-state index in [9.17, 15) is 0 Å². The molecule has 0 aliphatic heterocycles. The molecule has 0 saturated carbocycles. The maximum atomic E-state index is 5.82. The third kappa shape index (κ3) is 2.29. The molecule has 0 amide bonds. The number of hydrogen-bond acceptors (Lipinski definition) is 0. The predicted octanol–water partition coefficient (Wildman–Crippen LogP) is 4.41. The molecule has 0 nitrogen and oxygen atoms in total. The lowest BCUT2D eigenvalue weighted by Crippen LogP contribution is -1.84. The normalized spacial score (nSPS) is 10.3. The van der Waals surface area contributed by atoms with Gasteiger partial charge in [0.2, 0.25) is 0 Å². The standard InChI is InChI=1S/C9H8Cl3/c1-2-3-6-4-7(10)9(12)8(11)5-6/h2,4-5H,3H2,1H3. The van der Waals surface area contributed by atoms with E-state index in [4.69, 9.17) is 34.8 Å². The topological polar surface area (TPSA) is 0 Å². The lowest BCUT2D eigenvalue weighted by molar-refractivity contribution is 1.14. The van der Waals surface area contributed by atoms with Gasteiger partial charge < -0.3 is 0 Å². The van der Waals surface area contributed by atoms with Crippen molar-refractivity contribution in [2.24, 2.45) is 0 Å². The van der Waals surface area contributed by atoms with Gasteiger partial charge in [-0.25, -0.2) is 0 Å². The van der Waals surface area contributed by atoms with Crippen LogP contribution in [0.25, 0.3) is 0 Å². The maximum Gasteiger partial charge on any atom is 0.0778 e. The minimum Gasteiger partial charge on any atom is -0.0826 e. The molecule has 12 heavy (non-hydrogen) atoms. The minimum atomic E-state index is 0.429. The van der Waals surface area contributed by atoms with Crippen LogP contribution in [0.15, 0.2) is 12.1 Å². The van der Waals surface area contributed by atoms with Gasteiger partial charge in [0, 0.05) is 0 Å². The first-order valence-electron chi connectivity index (χ1n) is 3.56. The zero-order valence-corrected chi connectivity index (χ0v) is 8.84. The molecule has 0 fully saturated rings. The second-order valence-electron chi connectivity index (χ2n) is 2.49. The van der Waals surface area contributed by atoms with Crippen LogP contribution in [0.4, 0.5) is 0 Å². The van der Waals surface area contributed by atoms with Crippen LogP contribution in [-0.4, -0.2) is 0 Å². The molecule has 0 atom stereocenters. The van der Waals surface area contributed by atoms with Gasteiger partial charge in [0.15, 0.2) is 0 Å². The third-order valence-electron chi connectivity index (χ3n) is 1.48. The molecule has 0 spiro atoms. The number of hydrogen-bond donors (Lipinski definition) is 0. The molecular weight excluding hydrogens is 214 g/mol. The Hall–Kier alpha value is 0.0900. The van der Waals surface area contributed by atoms with Gasteiger partial charge in [-0.1, -0.05) is 41.7 Å². The first-order valence-corrected chi connectivity index (χ1v) is 4.69. The highest BCUT2D eigenvalue weighted by molar-refractivity contribution is 6.48. The molecular formula is C9H8Cl3. The summed E-state index contributed by atoms with van der Waals surface area (Å²) >= 11 is 17.4. The predicted molar refractivity (Wildman–Crippen MR) is 55.2 cm³/mol. The molecule has 1 radical (unpaired) electrons. The van der Waals surface area contributed by atoms with E-state index < -0.39 is 0 Å². The summed E-state index contributed by atoms with van der Waals surface area (Å²) in [6.45, 7) is 1.98. The van der Waals surface area contributed by atoms with Gasteiger partial charge in [0.25, 0.3) is 0 Å². The fourth-order valence-electron chi connectivity index (χ4n) is 0.962. The monoisotopic (exact) mass is 221 g/mol. The summed E-state index contributed by atoms with van der Waals surface area (Å²) in [5, 5.41) is 1.46. The van der Waals surface area contributed by atoms with E-state index in [1.807, 2.05) is 25.5 Å². The molecule has 0 aliphatic carbocycles.